The minimum absolute atomic E-state index is 0.143. The van der Waals surface area contributed by atoms with E-state index in [-0.39, 0.29) is 5.92 Å². The van der Waals surface area contributed by atoms with Gasteiger partial charge in [0.15, 0.2) is 0 Å². The summed E-state index contributed by atoms with van der Waals surface area (Å²) in [5, 5.41) is 21.2. The molecule has 0 amide bonds. The van der Waals surface area contributed by atoms with Crippen molar-refractivity contribution in [1.82, 2.24) is 5.32 Å². The van der Waals surface area contributed by atoms with Gasteiger partial charge in [0.2, 0.25) is 0 Å². The standard InChI is InChI=1S/C15H21NO5/c1-9(2)8-12(14(17)18)16-13(15(19)20)10-4-6-11(21-3)7-5-10/h4-7,9,12-13,16H,8H2,1-3H3,(H,17,18)(H,19,20). The summed E-state index contributed by atoms with van der Waals surface area (Å²) in [6.45, 7) is 3.78. The number of carboxylic acids is 2. The van der Waals surface area contributed by atoms with Gasteiger partial charge in [0.05, 0.1) is 7.11 Å². The highest BCUT2D eigenvalue weighted by atomic mass is 16.5. The summed E-state index contributed by atoms with van der Waals surface area (Å²) >= 11 is 0. The van der Waals surface area contributed by atoms with Crippen LogP contribution in [0.4, 0.5) is 0 Å². The number of ether oxygens (including phenoxy) is 1. The fourth-order valence-corrected chi connectivity index (χ4v) is 2.02. The molecule has 0 aliphatic carbocycles. The topological polar surface area (TPSA) is 95.9 Å². The molecule has 1 aromatic rings. The van der Waals surface area contributed by atoms with Crippen LogP contribution in [0.25, 0.3) is 0 Å². The zero-order chi connectivity index (χ0) is 16.0. The Labute approximate surface area is 123 Å². The summed E-state index contributed by atoms with van der Waals surface area (Å²) in [5.74, 6) is -1.41. The molecule has 2 unspecified atom stereocenters. The van der Waals surface area contributed by atoms with Crippen LogP contribution in [0.3, 0.4) is 0 Å². The predicted molar refractivity (Wildman–Crippen MR) is 77.4 cm³/mol. The maximum absolute atomic E-state index is 11.4. The van der Waals surface area contributed by atoms with Gasteiger partial charge in [-0.15, -0.1) is 0 Å². The fraction of sp³-hybridized carbons (Fsp3) is 0.467. The van der Waals surface area contributed by atoms with E-state index in [2.05, 4.69) is 5.32 Å². The number of aliphatic carboxylic acids is 2. The first-order valence-corrected chi connectivity index (χ1v) is 6.70. The summed E-state index contributed by atoms with van der Waals surface area (Å²) in [6.07, 6.45) is 0.356. The molecule has 0 radical (unpaired) electrons. The fourth-order valence-electron chi connectivity index (χ4n) is 2.02. The highest BCUT2D eigenvalue weighted by molar-refractivity contribution is 5.78. The normalized spacial score (nSPS) is 13.7. The Hall–Kier alpha value is -2.08. The van der Waals surface area contributed by atoms with Crippen molar-refractivity contribution in [3.05, 3.63) is 29.8 Å². The van der Waals surface area contributed by atoms with Gasteiger partial charge in [-0.25, -0.2) is 0 Å². The van der Waals surface area contributed by atoms with Crippen molar-refractivity contribution < 1.29 is 24.5 Å². The summed E-state index contributed by atoms with van der Waals surface area (Å²) in [5.41, 5.74) is 0.485. The van der Waals surface area contributed by atoms with Crippen LogP contribution in [0.1, 0.15) is 31.9 Å². The lowest BCUT2D eigenvalue weighted by Crippen LogP contribution is -2.42. The van der Waals surface area contributed by atoms with Crippen LogP contribution in [0.5, 0.6) is 5.75 Å². The van der Waals surface area contributed by atoms with Crippen molar-refractivity contribution in [1.29, 1.82) is 0 Å². The lowest BCUT2D eigenvalue weighted by molar-refractivity contribution is -0.143. The van der Waals surface area contributed by atoms with Crippen molar-refractivity contribution >= 4 is 11.9 Å². The third-order valence-electron chi connectivity index (χ3n) is 3.07. The summed E-state index contributed by atoms with van der Waals surface area (Å²) < 4.78 is 5.02. The molecule has 0 aliphatic rings. The molecule has 0 fully saturated rings. The lowest BCUT2D eigenvalue weighted by Gasteiger charge is -2.22. The molecule has 0 aliphatic heterocycles. The quantitative estimate of drug-likeness (QED) is 0.678. The van der Waals surface area contributed by atoms with Crippen LogP contribution in [0.2, 0.25) is 0 Å². The number of carboxylic acid groups (broad SMARTS) is 2. The molecule has 0 spiro atoms. The van der Waals surface area contributed by atoms with Gasteiger partial charge in [0, 0.05) is 0 Å². The molecule has 1 aromatic carbocycles. The van der Waals surface area contributed by atoms with Crippen molar-refractivity contribution in [3.63, 3.8) is 0 Å². The third kappa shape index (κ3) is 5.07. The van der Waals surface area contributed by atoms with Gasteiger partial charge < -0.3 is 14.9 Å². The van der Waals surface area contributed by atoms with Crippen molar-refractivity contribution in [3.8, 4) is 5.75 Å². The Bertz CT molecular complexity index is 483. The maximum atomic E-state index is 11.4. The molecule has 6 heteroatoms. The van der Waals surface area contributed by atoms with Crippen LogP contribution in [0, 0.1) is 5.92 Å². The molecule has 116 valence electrons. The molecule has 0 aromatic heterocycles. The predicted octanol–water partition coefficient (Wildman–Crippen LogP) is 1.91. The zero-order valence-electron chi connectivity index (χ0n) is 12.4. The number of hydrogen-bond acceptors (Lipinski definition) is 4. The maximum Gasteiger partial charge on any atom is 0.325 e. The second-order valence-corrected chi connectivity index (χ2v) is 5.23. The van der Waals surface area contributed by atoms with Crippen LogP contribution < -0.4 is 10.1 Å². The van der Waals surface area contributed by atoms with E-state index in [9.17, 15) is 19.8 Å². The highest BCUT2D eigenvalue weighted by Gasteiger charge is 2.27. The van der Waals surface area contributed by atoms with E-state index in [0.29, 0.717) is 17.7 Å². The smallest absolute Gasteiger partial charge is 0.325 e. The van der Waals surface area contributed by atoms with Gasteiger partial charge in [-0.1, -0.05) is 26.0 Å². The molecule has 0 heterocycles. The molecule has 3 N–H and O–H groups in total. The number of methoxy groups -OCH3 is 1. The molecule has 21 heavy (non-hydrogen) atoms. The second-order valence-electron chi connectivity index (χ2n) is 5.23. The van der Waals surface area contributed by atoms with E-state index in [1.54, 1.807) is 24.3 Å². The van der Waals surface area contributed by atoms with Gasteiger partial charge in [-0.05, 0) is 30.0 Å². The van der Waals surface area contributed by atoms with Gasteiger partial charge >= 0.3 is 11.9 Å². The van der Waals surface area contributed by atoms with E-state index in [1.165, 1.54) is 7.11 Å². The number of carbonyl (C=O) groups is 2. The van der Waals surface area contributed by atoms with E-state index < -0.39 is 24.0 Å². The van der Waals surface area contributed by atoms with Crippen molar-refractivity contribution in [2.75, 3.05) is 7.11 Å². The number of hydrogen-bond donors (Lipinski definition) is 3. The van der Waals surface area contributed by atoms with E-state index in [1.807, 2.05) is 13.8 Å². The largest absolute Gasteiger partial charge is 0.497 e. The Balaban J connectivity index is 2.94. The first kappa shape index (κ1) is 17.0. The zero-order valence-corrected chi connectivity index (χ0v) is 12.4. The first-order chi connectivity index (χ1) is 9.85. The molecule has 0 saturated carbocycles. The van der Waals surface area contributed by atoms with Crippen molar-refractivity contribution in [2.45, 2.75) is 32.4 Å². The lowest BCUT2D eigenvalue weighted by atomic mass is 10.0. The summed E-state index contributed by atoms with van der Waals surface area (Å²) in [6, 6.07) is 4.53. The number of nitrogens with one attached hydrogen (secondary N) is 1. The monoisotopic (exact) mass is 295 g/mol. The minimum Gasteiger partial charge on any atom is -0.497 e. The van der Waals surface area contributed by atoms with Gasteiger partial charge in [-0.2, -0.15) is 0 Å². The second kappa shape index (κ2) is 7.64. The summed E-state index contributed by atoms with van der Waals surface area (Å²) in [7, 11) is 1.52. The molecule has 0 saturated heterocycles. The van der Waals surface area contributed by atoms with Crippen LogP contribution in [0.15, 0.2) is 24.3 Å². The summed E-state index contributed by atoms with van der Waals surface area (Å²) in [4.78, 5) is 22.7. The Kier molecular flexibility index (Phi) is 6.17. The SMILES string of the molecule is COc1ccc(C(NC(CC(C)C)C(=O)O)C(=O)O)cc1. The highest BCUT2D eigenvalue weighted by Crippen LogP contribution is 2.19. The van der Waals surface area contributed by atoms with E-state index >= 15 is 0 Å². The van der Waals surface area contributed by atoms with E-state index in [0.717, 1.165) is 0 Å². The first-order valence-electron chi connectivity index (χ1n) is 6.70. The van der Waals surface area contributed by atoms with Crippen LogP contribution >= 0.6 is 0 Å². The molecule has 2 atom stereocenters. The van der Waals surface area contributed by atoms with Crippen molar-refractivity contribution in [2.24, 2.45) is 5.92 Å². The Morgan fingerprint density at radius 3 is 2.10 bits per heavy atom. The number of benzene rings is 1. The molecular formula is C15H21NO5. The minimum atomic E-state index is -1.12. The van der Waals surface area contributed by atoms with Gasteiger partial charge in [-0.3, -0.25) is 14.9 Å². The average Bonchev–Trinajstić information content (AvgIpc) is 2.42. The average molecular weight is 295 g/mol. The molecular weight excluding hydrogens is 274 g/mol. The number of rotatable bonds is 8. The molecule has 6 nitrogen and oxygen atoms in total. The van der Waals surface area contributed by atoms with Crippen LogP contribution in [-0.4, -0.2) is 35.3 Å². The van der Waals surface area contributed by atoms with E-state index in [4.69, 9.17) is 4.74 Å². The van der Waals surface area contributed by atoms with Gasteiger partial charge in [0.1, 0.15) is 17.8 Å². The Morgan fingerprint density at radius 1 is 1.14 bits per heavy atom. The molecule has 1 rings (SSSR count). The molecule has 0 bridgehead atoms. The van der Waals surface area contributed by atoms with Gasteiger partial charge in [0.25, 0.3) is 0 Å². The third-order valence-corrected chi connectivity index (χ3v) is 3.07. The van der Waals surface area contributed by atoms with Crippen LogP contribution in [-0.2, 0) is 9.59 Å². The Morgan fingerprint density at radius 2 is 1.71 bits per heavy atom.